The second kappa shape index (κ2) is 1.45. The number of nitrogens with zero attached hydrogens (tertiary/aromatic N) is 1. The van der Waals surface area contributed by atoms with Crippen molar-refractivity contribution in [1.29, 1.82) is 0 Å². The molecule has 0 saturated heterocycles. The van der Waals surface area contributed by atoms with Gasteiger partial charge in [0.05, 0.1) is 5.70 Å². The molecule has 1 rings (SSSR count). The Kier molecular flexibility index (Phi) is 0.929. The highest BCUT2D eigenvalue weighted by atomic mass is 16.3. The van der Waals surface area contributed by atoms with Crippen LogP contribution in [0.25, 0.3) is 0 Å². The highest BCUT2D eigenvalue weighted by Crippen LogP contribution is 2.24. The summed E-state index contributed by atoms with van der Waals surface area (Å²) >= 11 is 0. The molecule has 0 amide bonds. The van der Waals surface area contributed by atoms with Crippen LogP contribution in [0.15, 0.2) is 16.9 Å². The van der Waals surface area contributed by atoms with E-state index in [-0.39, 0.29) is 0 Å². The van der Waals surface area contributed by atoms with Gasteiger partial charge in [-0.05, 0) is 17.5 Å². The molecule has 0 spiro atoms. The lowest BCUT2D eigenvalue weighted by Crippen LogP contribution is -2.02. The van der Waals surface area contributed by atoms with Crippen molar-refractivity contribution in [3.05, 3.63) is 16.7 Å². The Morgan fingerprint density at radius 2 is 2.57 bits per heavy atom. The van der Waals surface area contributed by atoms with Gasteiger partial charge in [0, 0.05) is 0 Å². The molecule has 0 fully saturated rings. The Labute approximate surface area is 42.2 Å². The lowest BCUT2D eigenvalue weighted by atomic mass is 9.94. The van der Waals surface area contributed by atoms with Gasteiger partial charge in [0.15, 0.2) is 0 Å². The third-order valence-electron chi connectivity index (χ3n) is 1.13. The molecule has 2 heteroatoms. The minimum Gasteiger partial charge on any atom is -0.145 e. The van der Waals surface area contributed by atoms with Gasteiger partial charge in [0.25, 0.3) is 0 Å². The van der Waals surface area contributed by atoms with Gasteiger partial charge in [-0.25, -0.2) is 0 Å². The average molecular weight is 97.1 g/mol. The van der Waals surface area contributed by atoms with Gasteiger partial charge in [-0.3, -0.25) is 0 Å². The van der Waals surface area contributed by atoms with Crippen molar-refractivity contribution in [2.24, 2.45) is 11.1 Å². The molecule has 7 heavy (non-hydrogen) atoms. The SMILES string of the molecule is C[C@H]1C=C(N=O)C1. The Hall–Kier alpha value is -0.660. The number of allylic oxidation sites excluding steroid dienone is 2. The predicted octanol–water partition coefficient (Wildman–Crippen LogP) is 1.68. The fourth-order valence-electron chi connectivity index (χ4n) is 0.692. The van der Waals surface area contributed by atoms with Crippen molar-refractivity contribution in [3.63, 3.8) is 0 Å². The van der Waals surface area contributed by atoms with E-state index in [1.165, 1.54) is 0 Å². The van der Waals surface area contributed by atoms with E-state index < -0.39 is 0 Å². The van der Waals surface area contributed by atoms with E-state index in [9.17, 15) is 4.91 Å². The van der Waals surface area contributed by atoms with E-state index in [1.54, 1.807) is 0 Å². The summed E-state index contributed by atoms with van der Waals surface area (Å²) in [5.41, 5.74) is 0.715. The molecule has 1 aliphatic rings. The van der Waals surface area contributed by atoms with Crippen LogP contribution in [0, 0.1) is 10.8 Å². The van der Waals surface area contributed by atoms with E-state index in [0.717, 1.165) is 6.42 Å². The average Bonchev–Trinajstić information content (AvgIpc) is 1.58. The van der Waals surface area contributed by atoms with Crippen molar-refractivity contribution in [3.8, 4) is 0 Å². The van der Waals surface area contributed by atoms with Crippen LogP contribution in [0.2, 0.25) is 0 Å². The van der Waals surface area contributed by atoms with E-state index in [4.69, 9.17) is 0 Å². The second-order valence-corrected chi connectivity index (χ2v) is 1.93. The highest BCUT2D eigenvalue weighted by Gasteiger charge is 2.13. The molecular formula is C5H7NO. The van der Waals surface area contributed by atoms with Crippen LogP contribution < -0.4 is 0 Å². The molecule has 0 bridgehead atoms. The zero-order chi connectivity index (χ0) is 5.28. The summed E-state index contributed by atoms with van der Waals surface area (Å²) in [6.45, 7) is 2.06. The lowest BCUT2D eigenvalue weighted by Gasteiger charge is -2.13. The first-order valence-corrected chi connectivity index (χ1v) is 2.37. The molecule has 0 aromatic rings. The van der Waals surface area contributed by atoms with Crippen molar-refractivity contribution < 1.29 is 0 Å². The quantitative estimate of drug-likeness (QED) is 0.457. The van der Waals surface area contributed by atoms with Crippen LogP contribution in [0.4, 0.5) is 0 Å². The normalized spacial score (nSPS) is 28.1. The second-order valence-electron chi connectivity index (χ2n) is 1.93. The maximum absolute atomic E-state index is 9.61. The monoisotopic (exact) mass is 97.1 g/mol. The first-order chi connectivity index (χ1) is 3.33. The summed E-state index contributed by atoms with van der Waals surface area (Å²) in [4.78, 5) is 9.61. The van der Waals surface area contributed by atoms with Gasteiger partial charge in [-0.2, -0.15) is 0 Å². The van der Waals surface area contributed by atoms with Gasteiger partial charge in [-0.1, -0.05) is 13.0 Å². The minimum absolute atomic E-state index is 0.590. The van der Waals surface area contributed by atoms with Crippen molar-refractivity contribution in [1.82, 2.24) is 0 Å². The molecule has 2 nitrogen and oxygen atoms in total. The Bertz CT molecular complexity index is 117. The number of hydrogen-bond acceptors (Lipinski definition) is 2. The fourth-order valence-corrected chi connectivity index (χ4v) is 0.692. The third kappa shape index (κ3) is 0.683. The van der Waals surface area contributed by atoms with Gasteiger partial charge in [-0.15, -0.1) is 4.91 Å². The van der Waals surface area contributed by atoms with Crippen LogP contribution in [-0.2, 0) is 0 Å². The molecule has 0 aromatic heterocycles. The largest absolute Gasteiger partial charge is 0.145 e. The van der Waals surface area contributed by atoms with Crippen LogP contribution in [0.3, 0.4) is 0 Å². The van der Waals surface area contributed by atoms with Crippen LogP contribution >= 0.6 is 0 Å². The van der Waals surface area contributed by atoms with E-state index in [2.05, 4.69) is 12.1 Å². The maximum atomic E-state index is 9.61. The third-order valence-corrected chi connectivity index (χ3v) is 1.13. The molecule has 0 unspecified atom stereocenters. The summed E-state index contributed by atoms with van der Waals surface area (Å²) in [6.07, 6.45) is 2.76. The summed E-state index contributed by atoms with van der Waals surface area (Å²) in [6, 6.07) is 0. The first kappa shape index (κ1) is 4.50. The van der Waals surface area contributed by atoms with Gasteiger partial charge >= 0.3 is 0 Å². The highest BCUT2D eigenvalue weighted by molar-refractivity contribution is 5.13. The first-order valence-electron chi connectivity index (χ1n) is 2.37. The Morgan fingerprint density at radius 1 is 2.00 bits per heavy atom. The van der Waals surface area contributed by atoms with Crippen LogP contribution in [-0.4, -0.2) is 0 Å². The van der Waals surface area contributed by atoms with Crippen molar-refractivity contribution >= 4 is 0 Å². The molecule has 38 valence electrons. The standard InChI is InChI=1S/C5H7NO/c1-4-2-5(3-4)6-7/h2,4H,3H2,1H3/t4-/m0/s1. The van der Waals surface area contributed by atoms with Crippen molar-refractivity contribution in [2.45, 2.75) is 13.3 Å². The summed E-state index contributed by atoms with van der Waals surface area (Å²) < 4.78 is 0. The molecule has 0 aliphatic heterocycles. The molecule has 0 radical (unpaired) electrons. The molecule has 0 heterocycles. The molecule has 0 N–H and O–H groups in total. The zero-order valence-corrected chi connectivity index (χ0v) is 4.22. The molecule has 1 atom stereocenters. The Morgan fingerprint density at radius 3 is 2.71 bits per heavy atom. The van der Waals surface area contributed by atoms with E-state index in [1.807, 2.05) is 6.08 Å². The van der Waals surface area contributed by atoms with Crippen LogP contribution in [0.5, 0.6) is 0 Å². The van der Waals surface area contributed by atoms with Gasteiger partial charge in [0.2, 0.25) is 0 Å². The smallest absolute Gasteiger partial charge is 0.0817 e. The van der Waals surface area contributed by atoms with Crippen LogP contribution in [0.1, 0.15) is 13.3 Å². The molecule has 0 aromatic carbocycles. The molecule has 0 saturated carbocycles. The Balaban J connectivity index is 2.49. The minimum atomic E-state index is 0.590. The number of hydrogen-bond donors (Lipinski definition) is 0. The van der Waals surface area contributed by atoms with Gasteiger partial charge < -0.3 is 0 Å². The number of rotatable bonds is 1. The number of nitroso groups, excluding NO2 is 1. The fraction of sp³-hybridized carbons (Fsp3) is 0.600. The summed E-state index contributed by atoms with van der Waals surface area (Å²) in [5.74, 6) is 0.590. The maximum Gasteiger partial charge on any atom is 0.0817 e. The van der Waals surface area contributed by atoms with Gasteiger partial charge in [0.1, 0.15) is 0 Å². The molecule has 1 aliphatic carbocycles. The topological polar surface area (TPSA) is 29.4 Å². The van der Waals surface area contributed by atoms with Crippen molar-refractivity contribution in [2.75, 3.05) is 0 Å². The predicted molar refractivity (Wildman–Crippen MR) is 27.7 cm³/mol. The summed E-state index contributed by atoms with van der Waals surface area (Å²) in [7, 11) is 0. The van der Waals surface area contributed by atoms with E-state index >= 15 is 0 Å². The zero-order valence-electron chi connectivity index (χ0n) is 4.22. The summed E-state index contributed by atoms with van der Waals surface area (Å²) in [5, 5.41) is 2.76. The lowest BCUT2D eigenvalue weighted by molar-refractivity contribution is 0.631. The molecular weight excluding hydrogens is 90.1 g/mol. The van der Waals surface area contributed by atoms with E-state index in [0.29, 0.717) is 11.6 Å².